The van der Waals surface area contributed by atoms with Crippen molar-refractivity contribution in [3.05, 3.63) is 71.8 Å². The van der Waals surface area contributed by atoms with Crippen LogP contribution in [-0.4, -0.2) is 57.9 Å². The summed E-state index contributed by atoms with van der Waals surface area (Å²) in [7, 11) is -7.94. The van der Waals surface area contributed by atoms with Gasteiger partial charge in [-0.3, -0.25) is 14.3 Å². The minimum absolute atomic E-state index is 0.155. The van der Waals surface area contributed by atoms with Gasteiger partial charge in [0.25, 0.3) is 5.91 Å². The largest absolute Gasteiger partial charge is 0.321 e. The molecule has 11 heteroatoms. The van der Waals surface area contributed by atoms with Crippen LogP contribution in [0.15, 0.2) is 60.7 Å². The first-order valence-electron chi connectivity index (χ1n) is 10.3. The van der Waals surface area contributed by atoms with Crippen LogP contribution < -0.4 is 16.2 Å². The van der Waals surface area contributed by atoms with E-state index in [-0.39, 0.29) is 19.3 Å². The lowest BCUT2D eigenvalue weighted by atomic mass is 10.0. The summed E-state index contributed by atoms with van der Waals surface area (Å²) in [5.41, 5.74) is 13.2. The maximum absolute atomic E-state index is 12.2. The van der Waals surface area contributed by atoms with Crippen LogP contribution in [0.4, 0.5) is 0 Å². The van der Waals surface area contributed by atoms with Crippen molar-refractivity contribution in [3.63, 3.8) is 0 Å². The highest BCUT2D eigenvalue weighted by atomic mass is 32.2. The number of nitrogens with two attached hydrogens (primary N) is 2. The second-order valence-electron chi connectivity index (χ2n) is 7.79. The molecule has 0 saturated heterocycles. The Morgan fingerprint density at radius 2 is 1.24 bits per heavy atom. The molecular weight excluding hydrogens is 466 g/mol. The fraction of sp³-hybridized carbons (Fsp3) is 0.364. The van der Waals surface area contributed by atoms with Crippen LogP contribution in [-0.2, 0) is 42.3 Å². The number of hydrogen-bond acceptors (Lipinski definition) is 8. The Kier molecular flexibility index (Phi) is 9.71. The molecule has 0 spiro atoms. The molecule has 0 radical (unpaired) electrons. The molecule has 0 fully saturated rings. The quantitative estimate of drug-likeness (QED) is 0.348. The summed E-state index contributed by atoms with van der Waals surface area (Å²) < 4.78 is 50.6. The molecular formula is C22H29N3O6S2. The number of rotatable bonds is 13. The molecule has 2 aromatic rings. The molecule has 33 heavy (non-hydrogen) atoms. The van der Waals surface area contributed by atoms with Gasteiger partial charge in [-0.05, 0) is 30.4 Å². The zero-order chi connectivity index (χ0) is 24.5. The van der Waals surface area contributed by atoms with Crippen molar-refractivity contribution < 1.29 is 26.4 Å². The van der Waals surface area contributed by atoms with Crippen molar-refractivity contribution in [1.82, 2.24) is 4.72 Å². The Morgan fingerprint density at radius 3 is 1.76 bits per heavy atom. The van der Waals surface area contributed by atoms with Gasteiger partial charge < -0.3 is 11.5 Å². The lowest BCUT2D eigenvalue weighted by Gasteiger charge is -2.13. The predicted molar refractivity (Wildman–Crippen MR) is 126 cm³/mol. The van der Waals surface area contributed by atoms with Crippen LogP contribution >= 0.6 is 0 Å². The van der Waals surface area contributed by atoms with Crippen LogP contribution in [0.1, 0.15) is 17.5 Å². The van der Waals surface area contributed by atoms with E-state index in [1.165, 1.54) is 0 Å². The van der Waals surface area contributed by atoms with Crippen LogP contribution in [0.2, 0.25) is 0 Å². The van der Waals surface area contributed by atoms with Crippen LogP contribution in [0.5, 0.6) is 0 Å². The van der Waals surface area contributed by atoms with Crippen molar-refractivity contribution in [2.75, 3.05) is 17.3 Å². The average Bonchev–Trinajstić information content (AvgIpc) is 2.74. The molecule has 0 unspecified atom stereocenters. The maximum atomic E-state index is 12.2. The van der Waals surface area contributed by atoms with E-state index in [1.54, 1.807) is 54.6 Å². The zero-order valence-corrected chi connectivity index (χ0v) is 19.7. The number of Topliss-reactive ketones (excluding diaryl/α,β-unsaturated/α-hetero) is 1. The van der Waals surface area contributed by atoms with Gasteiger partial charge in [-0.2, -0.15) is 0 Å². The smallest absolute Gasteiger partial charge is 0.250 e. The van der Waals surface area contributed by atoms with Gasteiger partial charge in [0.2, 0.25) is 10.0 Å². The van der Waals surface area contributed by atoms with E-state index >= 15 is 0 Å². The summed E-state index contributed by atoms with van der Waals surface area (Å²) >= 11 is 0. The van der Waals surface area contributed by atoms with Gasteiger partial charge in [0.1, 0.15) is 5.75 Å². The number of sulfonamides is 1. The number of carbonyl (C=O) groups is 2. The highest BCUT2D eigenvalue weighted by Crippen LogP contribution is 2.06. The lowest BCUT2D eigenvalue weighted by Crippen LogP contribution is -2.45. The van der Waals surface area contributed by atoms with E-state index in [0.29, 0.717) is 0 Å². The van der Waals surface area contributed by atoms with Crippen LogP contribution in [0.25, 0.3) is 0 Å². The Labute approximate surface area is 194 Å². The molecule has 2 atom stereocenters. The molecule has 0 heterocycles. The van der Waals surface area contributed by atoms with Crippen LogP contribution in [0.3, 0.4) is 0 Å². The number of nitrogens with one attached hydrogen (secondary N) is 1. The third kappa shape index (κ3) is 9.82. The first-order valence-corrected chi connectivity index (χ1v) is 13.8. The fourth-order valence-electron chi connectivity index (χ4n) is 3.09. The van der Waals surface area contributed by atoms with E-state index in [1.807, 2.05) is 10.8 Å². The third-order valence-corrected chi connectivity index (χ3v) is 7.81. The van der Waals surface area contributed by atoms with Gasteiger partial charge in [-0.1, -0.05) is 60.7 Å². The van der Waals surface area contributed by atoms with E-state index in [9.17, 15) is 26.4 Å². The zero-order valence-electron chi connectivity index (χ0n) is 18.1. The summed E-state index contributed by atoms with van der Waals surface area (Å²) in [6.45, 7) is 0. The van der Waals surface area contributed by atoms with Gasteiger partial charge in [-0.25, -0.2) is 16.8 Å². The van der Waals surface area contributed by atoms with E-state index in [0.717, 1.165) is 11.1 Å². The Morgan fingerprint density at radius 1 is 0.758 bits per heavy atom. The van der Waals surface area contributed by atoms with Gasteiger partial charge in [-0.15, -0.1) is 0 Å². The molecule has 5 N–H and O–H groups in total. The molecule has 0 bridgehead atoms. The summed E-state index contributed by atoms with van der Waals surface area (Å²) in [6, 6.07) is 15.8. The number of ketones is 1. The van der Waals surface area contributed by atoms with Crippen molar-refractivity contribution in [3.8, 4) is 0 Å². The molecule has 2 rings (SSSR count). The minimum Gasteiger partial charge on any atom is -0.321 e. The molecule has 180 valence electrons. The first-order chi connectivity index (χ1) is 15.5. The topological polar surface area (TPSA) is 166 Å². The molecule has 0 aliphatic carbocycles. The Bertz CT molecular complexity index is 1050. The molecule has 9 nitrogen and oxygen atoms in total. The number of hydrogen-bond donors (Lipinski definition) is 3. The first kappa shape index (κ1) is 26.7. The number of benzene rings is 2. The summed E-state index contributed by atoms with van der Waals surface area (Å²) in [5.74, 6) is -3.40. The van der Waals surface area contributed by atoms with Gasteiger partial charge in [0.15, 0.2) is 15.6 Å². The van der Waals surface area contributed by atoms with Crippen molar-refractivity contribution in [2.24, 2.45) is 11.5 Å². The van der Waals surface area contributed by atoms with Crippen molar-refractivity contribution >= 4 is 31.6 Å². The minimum atomic E-state index is -4.08. The Hall–Kier alpha value is -2.60. The average molecular weight is 496 g/mol. The number of sulfone groups is 1. The highest BCUT2D eigenvalue weighted by Gasteiger charge is 2.24. The summed E-state index contributed by atoms with van der Waals surface area (Å²) in [4.78, 5) is 24.3. The lowest BCUT2D eigenvalue weighted by molar-refractivity contribution is -0.120. The van der Waals surface area contributed by atoms with Crippen LogP contribution in [0, 0.1) is 0 Å². The molecule has 1 amide bonds. The highest BCUT2D eigenvalue weighted by molar-refractivity contribution is 7.92. The maximum Gasteiger partial charge on any atom is 0.250 e. The Balaban J connectivity index is 1.79. The van der Waals surface area contributed by atoms with Crippen molar-refractivity contribution in [2.45, 2.75) is 31.3 Å². The standard InChI is InChI=1S/C22H29N3O6S2/c23-19(14-17-8-3-1-4-9-17)21(26)16-32(28,29)12-7-13-33(30,31)25-22(27)20(24)15-18-10-5-2-6-11-18/h1-6,8-11,19-20H,7,12-16,23-24H2,(H,25,27)/t19-,20-/m0/s1. The molecule has 0 aromatic heterocycles. The second kappa shape index (κ2) is 12.0. The normalized spacial score (nSPS) is 13.8. The number of amides is 1. The fourth-order valence-corrected chi connectivity index (χ4v) is 5.73. The van der Waals surface area contributed by atoms with E-state index in [4.69, 9.17) is 11.5 Å². The molecule has 0 aliphatic heterocycles. The van der Waals surface area contributed by atoms with E-state index < -0.39 is 60.9 Å². The third-order valence-electron chi connectivity index (χ3n) is 4.83. The molecule has 0 aliphatic rings. The SMILES string of the molecule is N[C@@H](Cc1ccccc1)C(=O)CS(=O)(=O)CCCS(=O)(=O)NC(=O)[C@@H](N)Cc1ccccc1. The van der Waals surface area contributed by atoms with Gasteiger partial charge in [0, 0.05) is 0 Å². The second-order valence-corrected chi connectivity index (χ2v) is 11.8. The van der Waals surface area contributed by atoms with E-state index in [2.05, 4.69) is 0 Å². The monoisotopic (exact) mass is 495 g/mol. The van der Waals surface area contributed by atoms with Gasteiger partial charge in [0.05, 0.1) is 23.6 Å². The van der Waals surface area contributed by atoms with Crippen molar-refractivity contribution in [1.29, 1.82) is 0 Å². The number of carbonyl (C=O) groups excluding carboxylic acids is 2. The molecule has 0 saturated carbocycles. The summed E-state index contributed by atoms with van der Waals surface area (Å²) in [5, 5.41) is 0. The summed E-state index contributed by atoms with van der Waals surface area (Å²) in [6.07, 6.45) is 0.0842. The van der Waals surface area contributed by atoms with Gasteiger partial charge >= 0.3 is 0 Å². The predicted octanol–water partition coefficient (Wildman–Crippen LogP) is -0.0536. The molecule has 2 aromatic carbocycles.